The molecule has 0 fully saturated rings. The van der Waals surface area contributed by atoms with Gasteiger partial charge in [0.2, 0.25) is 5.91 Å². The van der Waals surface area contributed by atoms with Crippen LogP contribution in [0.25, 0.3) is 0 Å². The first-order chi connectivity index (χ1) is 12.3. The first kappa shape index (κ1) is 19.1. The van der Waals surface area contributed by atoms with Crippen LogP contribution in [0, 0.1) is 28.4 Å². The number of ketones is 1. The van der Waals surface area contributed by atoms with E-state index in [0.29, 0.717) is 22.0 Å². The lowest BCUT2D eigenvalue weighted by Crippen LogP contribution is -2.14. The largest absolute Gasteiger partial charge is 0.325 e. The molecule has 0 unspecified atom stereocenters. The number of hydrogen-bond donors (Lipinski definition) is 1. The molecule has 0 saturated carbocycles. The third kappa shape index (κ3) is 4.64. The van der Waals surface area contributed by atoms with Gasteiger partial charge in [-0.25, -0.2) is 4.98 Å². The number of aromatic nitrogens is 1. The quantitative estimate of drug-likeness (QED) is 0.358. The van der Waals surface area contributed by atoms with Gasteiger partial charge in [-0.15, -0.1) is 0 Å². The number of thioether (sulfide) groups is 1. The number of hydrogen-bond acceptors (Lipinski definition) is 7. The molecule has 26 heavy (non-hydrogen) atoms. The van der Waals surface area contributed by atoms with Crippen molar-refractivity contribution in [1.82, 2.24) is 4.98 Å². The zero-order chi connectivity index (χ0) is 19.3. The van der Waals surface area contributed by atoms with E-state index in [9.17, 15) is 25.0 Å². The van der Waals surface area contributed by atoms with Crippen LogP contribution in [0.5, 0.6) is 0 Å². The number of nitrogens with one attached hydrogen (secondary N) is 1. The van der Waals surface area contributed by atoms with Crippen molar-refractivity contribution in [2.24, 2.45) is 0 Å². The SMILES string of the molecule is CC(=O)c1cc(C#N)c(SCC(=O)Nc2ccc([N+](=O)[O-])cc2)nc1C. The Morgan fingerprint density at radius 1 is 1.35 bits per heavy atom. The van der Waals surface area contributed by atoms with Gasteiger partial charge in [0.25, 0.3) is 5.69 Å². The maximum absolute atomic E-state index is 12.0. The van der Waals surface area contributed by atoms with Crippen LogP contribution >= 0.6 is 11.8 Å². The van der Waals surface area contributed by atoms with Crippen LogP contribution in [-0.4, -0.2) is 27.4 Å². The summed E-state index contributed by atoms with van der Waals surface area (Å²) in [7, 11) is 0. The number of carbonyl (C=O) groups is 2. The fourth-order valence-electron chi connectivity index (χ4n) is 2.13. The van der Waals surface area contributed by atoms with Crippen molar-refractivity contribution in [3.8, 4) is 6.07 Å². The molecule has 0 aliphatic rings. The van der Waals surface area contributed by atoms with Gasteiger partial charge in [0.15, 0.2) is 5.78 Å². The van der Waals surface area contributed by atoms with E-state index in [-0.39, 0.29) is 28.7 Å². The van der Waals surface area contributed by atoms with Crippen molar-refractivity contribution in [3.63, 3.8) is 0 Å². The molecule has 0 saturated heterocycles. The summed E-state index contributed by atoms with van der Waals surface area (Å²) in [6.07, 6.45) is 0. The molecule has 132 valence electrons. The Kier molecular flexibility index (Phi) is 6.03. The van der Waals surface area contributed by atoms with Crippen LogP contribution < -0.4 is 5.32 Å². The predicted molar refractivity (Wildman–Crippen MR) is 96.1 cm³/mol. The summed E-state index contributed by atoms with van der Waals surface area (Å²) in [5, 5.41) is 22.8. The van der Waals surface area contributed by atoms with Gasteiger partial charge in [0.05, 0.1) is 16.2 Å². The average molecular weight is 370 g/mol. The van der Waals surface area contributed by atoms with E-state index < -0.39 is 4.92 Å². The maximum Gasteiger partial charge on any atom is 0.269 e. The van der Waals surface area contributed by atoms with Crippen molar-refractivity contribution in [1.29, 1.82) is 5.26 Å². The topological polar surface area (TPSA) is 126 Å². The lowest BCUT2D eigenvalue weighted by atomic mass is 10.1. The first-order valence-corrected chi connectivity index (χ1v) is 8.40. The predicted octanol–water partition coefficient (Wildman–Crippen LogP) is 3.10. The Hall–Kier alpha value is -3.25. The van der Waals surface area contributed by atoms with Crippen LogP contribution in [0.2, 0.25) is 0 Å². The van der Waals surface area contributed by atoms with Crippen LogP contribution in [0.1, 0.15) is 28.5 Å². The van der Waals surface area contributed by atoms with E-state index in [1.807, 2.05) is 6.07 Å². The second-order valence-corrected chi connectivity index (χ2v) is 6.25. The molecular weight excluding hydrogens is 356 g/mol. The van der Waals surface area contributed by atoms with Gasteiger partial charge in [-0.05, 0) is 32.0 Å². The first-order valence-electron chi connectivity index (χ1n) is 7.41. The highest BCUT2D eigenvalue weighted by atomic mass is 32.2. The number of nitro benzene ring substituents is 1. The molecule has 0 aliphatic carbocycles. The summed E-state index contributed by atoms with van der Waals surface area (Å²) >= 11 is 1.08. The minimum Gasteiger partial charge on any atom is -0.325 e. The number of benzene rings is 1. The standard InChI is InChI=1S/C17H14N4O4S/c1-10-15(11(2)22)7-12(8-18)17(19-10)26-9-16(23)20-13-3-5-14(6-4-13)21(24)25/h3-7H,9H2,1-2H3,(H,20,23). The summed E-state index contributed by atoms with van der Waals surface area (Å²) < 4.78 is 0. The van der Waals surface area contributed by atoms with Crippen molar-refractivity contribution in [2.75, 3.05) is 11.1 Å². The summed E-state index contributed by atoms with van der Waals surface area (Å²) in [5.74, 6) is -0.529. The van der Waals surface area contributed by atoms with Gasteiger partial charge in [-0.3, -0.25) is 19.7 Å². The van der Waals surface area contributed by atoms with Crippen molar-refractivity contribution in [3.05, 3.63) is 57.3 Å². The second kappa shape index (κ2) is 8.22. The van der Waals surface area contributed by atoms with Crippen LogP contribution in [0.15, 0.2) is 35.4 Å². The van der Waals surface area contributed by atoms with E-state index in [2.05, 4.69) is 10.3 Å². The number of nitro groups is 1. The molecule has 0 spiro atoms. The van der Waals surface area contributed by atoms with Crippen molar-refractivity contribution >= 4 is 34.8 Å². The lowest BCUT2D eigenvalue weighted by Gasteiger charge is -2.08. The van der Waals surface area contributed by atoms with Crippen LogP contribution in [-0.2, 0) is 4.79 Å². The fourth-order valence-corrected chi connectivity index (χ4v) is 2.93. The molecule has 0 radical (unpaired) electrons. The molecule has 0 aliphatic heterocycles. The zero-order valence-corrected chi connectivity index (χ0v) is 14.8. The van der Waals surface area contributed by atoms with E-state index in [1.165, 1.54) is 37.3 Å². The van der Waals surface area contributed by atoms with Gasteiger partial charge in [-0.2, -0.15) is 5.26 Å². The Morgan fingerprint density at radius 2 is 2.00 bits per heavy atom. The van der Waals surface area contributed by atoms with Gasteiger partial charge in [0.1, 0.15) is 11.1 Å². The summed E-state index contributed by atoms with van der Waals surface area (Å²) in [6.45, 7) is 3.06. The minimum absolute atomic E-state index is 0.00245. The highest BCUT2D eigenvalue weighted by Gasteiger charge is 2.14. The van der Waals surface area contributed by atoms with E-state index >= 15 is 0 Å². The lowest BCUT2D eigenvalue weighted by molar-refractivity contribution is -0.384. The number of aryl methyl sites for hydroxylation is 1. The zero-order valence-electron chi connectivity index (χ0n) is 14.0. The molecule has 1 aromatic heterocycles. The number of Topliss-reactive ketones (excluding diaryl/α,β-unsaturated/α-hetero) is 1. The molecule has 2 aromatic rings. The number of nitrogens with zero attached hydrogens (tertiary/aromatic N) is 3. The fraction of sp³-hybridized carbons (Fsp3) is 0.176. The van der Waals surface area contributed by atoms with Crippen LogP contribution in [0.4, 0.5) is 11.4 Å². The van der Waals surface area contributed by atoms with E-state index in [0.717, 1.165) is 11.8 Å². The molecule has 8 nitrogen and oxygen atoms in total. The Labute approximate surface area is 153 Å². The second-order valence-electron chi connectivity index (χ2n) is 5.28. The number of nitriles is 1. The Morgan fingerprint density at radius 3 is 2.54 bits per heavy atom. The monoisotopic (exact) mass is 370 g/mol. The molecule has 0 atom stereocenters. The normalized spacial score (nSPS) is 10.0. The Bertz CT molecular complexity index is 920. The Balaban J connectivity index is 2.05. The average Bonchev–Trinajstić information content (AvgIpc) is 2.60. The summed E-state index contributed by atoms with van der Waals surface area (Å²) in [4.78, 5) is 37.9. The third-order valence-corrected chi connectivity index (χ3v) is 4.37. The number of amides is 1. The van der Waals surface area contributed by atoms with Gasteiger partial charge >= 0.3 is 0 Å². The highest BCUT2D eigenvalue weighted by Crippen LogP contribution is 2.23. The minimum atomic E-state index is -0.524. The van der Waals surface area contributed by atoms with E-state index in [1.54, 1.807) is 6.92 Å². The molecule has 9 heteroatoms. The number of anilines is 1. The molecule has 1 amide bonds. The van der Waals surface area contributed by atoms with Gasteiger partial charge in [-0.1, -0.05) is 11.8 Å². The molecule has 1 heterocycles. The number of non-ortho nitro benzene ring substituents is 1. The van der Waals surface area contributed by atoms with Crippen molar-refractivity contribution < 1.29 is 14.5 Å². The smallest absolute Gasteiger partial charge is 0.269 e. The molecule has 1 N–H and O–H groups in total. The number of carbonyl (C=O) groups excluding carboxylic acids is 2. The number of pyridine rings is 1. The third-order valence-electron chi connectivity index (χ3n) is 3.38. The van der Waals surface area contributed by atoms with Gasteiger partial charge < -0.3 is 5.32 Å². The van der Waals surface area contributed by atoms with Crippen LogP contribution in [0.3, 0.4) is 0 Å². The summed E-state index contributed by atoms with van der Waals surface area (Å²) in [6, 6.07) is 8.91. The number of rotatable bonds is 6. The summed E-state index contributed by atoms with van der Waals surface area (Å²) in [5.41, 5.74) is 1.46. The van der Waals surface area contributed by atoms with Crippen molar-refractivity contribution in [2.45, 2.75) is 18.9 Å². The highest BCUT2D eigenvalue weighted by molar-refractivity contribution is 8.00. The van der Waals surface area contributed by atoms with E-state index in [4.69, 9.17) is 0 Å². The maximum atomic E-state index is 12.0. The molecule has 0 bridgehead atoms. The van der Waals surface area contributed by atoms with Gasteiger partial charge in [0, 0.05) is 29.1 Å². The molecule has 1 aromatic carbocycles. The molecule has 2 rings (SSSR count). The molecular formula is C17H14N4O4S.